The number of hydrogen-bond acceptors (Lipinski definition) is 2. The highest BCUT2D eigenvalue weighted by atomic mass is 79.9. The second-order valence-corrected chi connectivity index (χ2v) is 5.11. The number of methoxy groups -OCH3 is 1. The van der Waals surface area contributed by atoms with Crippen LogP contribution in [-0.4, -0.2) is 19.3 Å². The molecule has 0 aliphatic heterocycles. The molecule has 1 N–H and O–H groups in total. The first-order chi connectivity index (χ1) is 7.60. The van der Waals surface area contributed by atoms with Crippen LogP contribution in [0.1, 0.15) is 18.4 Å². The minimum Gasteiger partial charge on any atom is -0.382 e. The van der Waals surface area contributed by atoms with Gasteiger partial charge in [-0.25, -0.2) is 4.39 Å². The molecule has 1 aliphatic rings. The van der Waals surface area contributed by atoms with Gasteiger partial charge in [0.2, 0.25) is 0 Å². The summed E-state index contributed by atoms with van der Waals surface area (Å²) in [6.45, 7) is 1.97. The number of nitrogens with one attached hydrogen (secondary N) is 1. The molecule has 0 saturated heterocycles. The van der Waals surface area contributed by atoms with E-state index >= 15 is 0 Å². The summed E-state index contributed by atoms with van der Waals surface area (Å²) in [5.74, 6) is -0.226. The third-order valence-electron chi connectivity index (χ3n) is 3.06. The summed E-state index contributed by atoms with van der Waals surface area (Å²) in [5.41, 5.74) is 1.93. The molecule has 2 nitrogen and oxygen atoms in total. The smallest absolute Gasteiger partial charge is 0.139 e. The van der Waals surface area contributed by atoms with Crippen LogP contribution in [0.25, 0.3) is 0 Å². The van der Waals surface area contributed by atoms with Crippen LogP contribution in [0.3, 0.4) is 0 Å². The SMILES string of the molecule is COC1CC(Nc2cc(F)c(Br)cc2C)C1. The maximum absolute atomic E-state index is 13.4. The molecule has 0 spiro atoms. The van der Waals surface area contributed by atoms with Gasteiger partial charge in [0.05, 0.1) is 10.6 Å². The molecular weight excluding hydrogens is 273 g/mol. The fraction of sp³-hybridized carbons (Fsp3) is 0.500. The molecule has 1 saturated carbocycles. The van der Waals surface area contributed by atoms with Crippen molar-refractivity contribution in [1.29, 1.82) is 0 Å². The fourth-order valence-corrected chi connectivity index (χ4v) is 2.36. The Morgan fingerprint density at radius 1 is 1.44 bits per heavy atom. The van der Waals surface area contributed by atoms with Crippen molar-refractivity contribution >= 4 is 21.6 Å². The second kappa shape index (κ2) is 4.72. The van der Waals surface area contributed by atoms with Gasteiger partial charge in [0.1, 0.15) is 5.82 Å². The molecule has 0 unspecified atom stereocenters. The van der Waals surface area contributed by atoms with Crippen molar-refractivity contribution in [3.05, 3.63) is 28.0 Å². The Morgan fingerprint density at radius 2 is 2.12 bits per heavy atom. The third kappa shape index (κ3) is 2.38. The molecule has 88 valence electrons. The van der Waals surface area contributed by atoms with Crippen LogP contribution in [0.5, 0.6) is 0 Å². The largest absolute Gasteiger partial charge is 0.382 e. The van der Waals surface area contributed by atoms with E-state index in [9.17, 15) is 4.39 Å². The molecule has 4 heteroatoms. The van der Waals surface area contributed by atoms with E-state index in [1.54, 1.807) is 19.2 Å². The first kappa shape index (κ1) is 11.9. The molecule has 1 aromatic carbocycles. The van der Waals surface area contributed by atoms with Crippen LogP contribution in [0.15, 0.2) is 16.6 Å². The first-order valence-electron chi connectivity index (χ1n) is 5.35. The van der Waals surface area contributed by atoms with E-state index < -0.39 is 0 Å². The lowest BCUT2D eigenvalue weighted by molar-refractivity contribution is 0.0328. The van der Waals surface area contributed by atoms with Crippen LogP contribution in [0, 0.1) is 12.7 Å². The molecule has 0 heterocycles. The lowest BCUT2D eigenvalue weighted by atomic mass is 9.89. The number of anilines is 1. The van der Waals surface area contributed by atoms with Gasteiger partial charge in [0, 0.05) is 18.8 Å². The Hall–Kier alpha value is -0.610. The molecule has 2 rings (SSSR count). The van der Waals surface area contributed by atoms with Crippen LogP contribution in [0.2, 0.25) is 0 Å². The summed E-state index contributed by atoms with van der Waals surface area (Å²) < 4.78 is 19.1. The maximum Gasteiger partial charge on any atom is 0.139 e. The Bertz CT molecular complexity index is 391. The van der Waals surface area contributed by atoms with Gasteiger partial charge in [-0.1, -0.05) is 0 Å². The molecule has 0 bridgehead atoms. The predicted molar refractivity (Wildman–Crippen MR) is 66.3 cm³/mol. The highest BCUT2D eigenvalue weighted by molar-refractivity contribution is 9.10. The number of aryl methyl sites for hydroxylation is 1. The number of ether oxygens (including phenoxy) is 1. The summed E-state index contributed by atoms with van der Waals surface area (Å²) in [6.07, 6.45) is 2.35. The van der Waals surface area contributed by atoms with E-state index in [0.717, 1.165) is 24.1 Å². The topological polar surface area (TPSA) is 21.3 Å². The molecule has 0 aromatic heterocycles. The quantitative estimate of drug-likeness (QED) is 0.919. The van der Waals surface area contributed by atoms with E-state index in [1.165, 1.54) is 0 Å². The van der Waals surface area contributed by atoms with Crippen molar-refractivity contribution in [2.45, 2.75) is 31.9 Å². The minimum absolute atomic E-state index is 0.226. The zero-order valence-electron chi connectivity index (χ0n) is 9.39. The number of rotatable bonds is 3. The molecule has 1 fully saturated rings. The number of benzene rings is 1. The average Bonchev–Trinajstić information content (AvgIpc) is 2.18. The van der Waals surface area contributed by atoms with Gasteiger partial charge in [-0.3, -0.25) is 0 Å². The fourth-order valence-electron chi connectivity index (χ4n) is 1.90. The standard InChI is InChI=1S/C12H15BrFNO/c1-7-3-10(13)11(14)6-12(7)15-8-4-9(5-8)16-2/h3,6,8-9,15H,4-5H2,1-2H3. The lowest BCUT2D eigenvalue weighted by Crippen LogP contribution is -2.40. The van der Waals surface area contributed by atoms with Crippen LogP contribution in [0.4, 0.5) is 10.1 Å². The Kier molecular flexibility index (Phi) is 3.50. The van der Waals surface area contributed by atoms with Gasteiger partial charge in [0.25, 0.3) is 0 Å². The first-order valence-corrected chi connectivity index (χ1v) is 6.14. The van der Waals surface area contributed by atoms with E-state index in [-0.39, 0.29) is 5.82 Å². The molecule has 16 heavy (non-hydrogen) atoms. The van der Waals surface area contributed by atoms with Gasteiger partial charge < -0.3 is 10.1 Å². The van der Waals surface area contributed by atoms with E-state index in [2.05, 4.69) is 21.2 Å². The second-order valence-electron chi connectivity index (χ2n) is 4.25. The predicted octanol–water partition coefficient (Wildman–Crippen LogP) is 3.49. The maximum atomic E-state index is 13.4. The summed E-state index contributed by atoms with van der Waals surface area (Å²) in [4.78, 5) is 0. The van der Waals surface area contributed by atoms with Crippen molar-refractivity contribution in [1.82, 2.24) is 0 Å². The molecule has 0 atom stereocenters. The monoisotopic (exact) mass is 287 g/mol. The van der Waals surface area contributed by atoms with Crippen molar-refractivity contribution in [3.8, 4) is 0 Å². The molecule has 1 aromatic rings. The minimum atomic E-state index is -0.226. The van der Waals surface area contributed by atoms with Crippen molar-refractivity contribution in [2.75, 3.05) is 12.4 Å². The highest BCUT2D eigenvalue weighted by Crippen LogP contribution is 2.29. The average molecular weight is 288 g/mol. The van der Waals surface area contributed by atoms with Crippen molar-refractivity contribution in [3.63, 3.8) is 0 Å². The van der Waals surface area contributed by atoms with Crippen LogP contribution >= 0.6 is 15.9 Å². The van der Waals surface area contributed by atoms with Gasteiger partial charge >= 0.3 is 0 Å². The highest BCUT2D eigenvalue weighted by Gasteiger charge is 2.29. The Labute approximate surface area is 103 Å². The summed E-state index contributed by atoms with van der Waals surface area (Å²) in [6, 6.07) is 3.74. The third-order valence-corrected chi connectivity index (χ3v) is 3.66. The number of halogens is 2. The van der Waals surface area contributed by atoms with Crippen molar-refractivity contribution < 1.29 is 9.13 Å². The van der Waals surface area contributed by atoms with Crippen LogP contribution in [-0.2, 0) is 4.74 Å². The van der Waals surface area contributed by atoms with Gasteiger partial charge in [-0.15, -0.1) is 0 Å². The number of hydrogen-bond donors (Lipinski definition) is 1. The molecule has 0 radical (unpaired) electrons. The van der Waals surface area contributed by atoms with E-state index in [0.29, 0.717) is 16.6 Å². The van der Waals surface area contributed by atoms with Crippen molar-refractivity contribution in [2.24, 2.45) is 0 Å². The van der Waals surface area contributed by atoms with E-state index in [4.69, 9.17) is 4.74 Å². The lowest BCUT2D eigenvalue weighted by Gasteiger charge is -2.35. The summed E-state index contributed by atoms with van der Waals surface area (Å²) in [7, 11) is 1.73. The molecule has 1 aliphatic carbocycles. The zero-order valence-corrected chi connectivity index (χ0v) is 11.0. The normalized spacial score (nSPS) is 24.0. The van der Waals surface area contributed by atoms with Gasteiger partial charge in [-0.05, 0) is 53.4 Å². The Balaban J connectivity index is 2.02. The molecular formula is C12H15BrFNO. The summed E-state index contributed by atoms with van der Waals surface area (Å²) in [5, 5.41) is 3.34. The van der Waals surface area contributed by atoms with Crippen LogP contribution < -0.4 is 5.32 Å². The Morgan fingerprint density at radius 3 is 2.75 bits per heavy atom. The van der Waals surface area contributed by atoms with Gasteiger partial charge in [-0.2, -0.15) is 0 Å². The van der Waals surface area contributed by atoms with E-state index in [1.807, 2.05) is 6.92 Å². The molecule has 0 amide bonds. The van der Waals surface area contributed by atoms with Gasteiger partial charge in [0.15, 0.2) is 0 Å². The zero-order chi connectivity index (χ0) is 11.7. The summed E-state index contributed by atoms with van der Waals surface area (Å²) >= 11 is 3.18.